The van der Waals surface area contributed by atoms with E-state index in [2.05, 4.69) is 25.9 Å². The topological polar surface area (TPSA) is 280 Å². The van der Waals surface area contributed by atoms with E-state index in [-0.39, 0.29) is 6.42 Å². The second-order valence-corrected chi connectivity index (χ2v) is 7.19. The molecule has 34 heavy (non-hydrogen) atoms. The van der Waals surface area contributed by atoms with Gasteiger partial charge in [-0.2, -0.15) is 0 Å². The minimum Gasteiger partial charge on any atom is -0.481 e. The Kier molecular flexibility index (Phi) is 11.1. The molecule has 0 bridgehead atoms. The molecule has 16 heteroatoms. The summed E-state index contributed by atoms with van der Waals surface area (Å²) < 4.78 is 0. The highest BCUT2D eigenvalue weighted by atomic mass is 16.4. The number of aliphatic hydroxyl groups is 1. The highest BCUT2D eigenvalue weighted by molar-refractivity contribution is 5.96. The monoisotopic (exact) mass is 485 g/mol. The Labute approximate surface area is 192 Å². The fourth-order valence-electron chi connectivity index (χ4n) is 2.67. The van der Waals surface area contributed by atoms with Crippen LogP contribution in [0.25, 0.3) is 0 Å². The number of H-pyrrole nitrogens is 1. The summed E-state index contributed by atoms with van der Waals surface area (Å²) >= 11 is 0. The average Bonchev–Trinajstić information content (AvgIpc) is 3.27. The summed E-state index contributed by atoms with van der Waals surface area (Å²) in [5.74, 6) is -6.77. The first-order chi connectivity index (χ1) is 15.9. The molecule has 4 amide bonds. The first kappa shape index (κ1) is 28.0. The molecule has 0 aromatic carbocycles. The molecule has 16 nitrogen and oxygen atoms in total. The van der Waals surface area contributed by atoms with Gasteiger partial charge in [-0.05, 0) is 6.42 Å². The van der Waals surface area contributed by atoms with Gasteiger partial charge in [0.25, 0.3) is 0 Å². The minimum atomic E-state index is -1.59. The van der Waals surface area contributed by atoms with Crippen molar-refractivity contribution in [3.63, 3.8) is 0 Å². The van der Waals surface area contributed by atoms with Gasteiger partial charge in [-0.25, -0.2) is 9.78 Å². The van der Waals surface area contributed by atoms with E-state index in [1.165, 1.54) is 12.5 Å². The van der Waals surface area contributed by atoms with Gasteiger partial charge in [0.1, 0.15) is 24.2 Å². The first-order valence-electron chi connectivity index (χ1n) is 9.92. The van der Waals surface area contributed by atoms with Crippen molar-refractivity contribution in [2.75, 3.05) is 6.61 Å². The lowest BCUT2D eigenvalue weighted by atomic mass is 10.1. The number of rotatable bonds is 15. The quantitative estimate of drug-likeness (QED) is 0.114. The van der Waals surface area contributed by atoms with Gasteiger partial charge in [0, 0.05) is 24.7 Å². The minimum absolute atomic E-state index is 0.180. The van der Waals surface area contributed by atoms with Crippen LogP contribution in [0, 0.1) is 0 Å². The lowest BCUT2D eigenvalue weighted by Gasteiger charge is -2.24. The molecule has 4 atom stereocenters. The normalized spacial score (nSPS) is 14.2. The molecule has 1 heterocycles. The smallest absolute Gasteiger partial charge is 0.326 e. The summed E-state index contributed by atoms with van der Waals surface area (Å²) in [6, 6.07) is -5.98. The molecule has 0 radical (unpaired) electrons. The maximum Gasteiger partial charge on any atom is 0.326 e. The van der Waals surface area contributed by atoms with E-state index in [0.29, 0.717) is 5.69 Å². The van der Waals surface area contributed by atoms with E-state index in [4.69, 9.17) is 21.7 Å². The van der Waals surface area contributed by atoms with Crippen molar-refractivity contribution in [2.24, 2.45) is 11.5 Å². The zero-order chi connectivity index (χ0) is 25.8. The number of carboxylic acids is 2. The number of hydrogen-bond acceptors (Lipinski definition) is 9. The molecule has 1 rings (SSSR count). The van der Waals surface area contributed by atoms with Crippen LogP contribution in [0.3, 0.4) is 0 Å². The van der Waals surface area contributed by atoms with Gasteiger partial charge in [0.05, 0.1) is 19.4 Å². The Morgan fingerprint density at radius 2 is 1.56 bits per heavy atom. The van der Waals surface area contributed by atoms with E-state index in [1.54, 1.807) is 0 Å². The van der Waals surface area contributed by atoms with E-state index >= 15 is 0 Å². The fourth-order valence-corrected chi connectivity index (χ4v) is 2.67. The Morgan fingerprint density at radius 1 is 0.971 bits per heavy atom. The number of aromatic nitrogens is 2. The van der Waals surface area contributed by atoms with Crippen molar-refractivity contribution < 1.29 is 44.1 Å². The molecular formula is C18H27N7O9. The summed E-state index contributed by atoms with van der Waals surface area (Å²) in [7, 11) is 0. The molecule has 0 saturated heterocycles. The van der Waals surface area contributed by atoms with E-state index in [0.717, 1.165) is 0 Å². The molecule has 11 N–H and O–H groups in total. The largest absolute Gasteiger partial charge is 0.481 e. The predicted octanol–water partition coefficient (Wildman–Crippen LogP) is -4.45. The molecule has 0 fully saturated rings. The van der Waals surface area contributed by atoms with Crippen LogP contribution in [0.15, 0.2) is 12.5 Å². The number of aromatic amines is 1. The third kappa shape index (κ3) is 9.61. The number of carboxylic acid groups (broad SMARTS) is 2. The lowest BCUT2D eigenvalue weighted by molar-refractivity contribution is -0.143. The number of amides is 4. The summed E-state index contributed by atoms with van der Waals surface area (Å²) in [6.07, 6.45) is 0.776. The molecule has 4 unspecified atom stereocenters. The van der Waals surface area contributed by atoms with Gasteiger partial charge in [-0.3, -0.25) is 24.0 Å². The molecule has 188 valence electrons. The number of aliphatic carboxylic acids is 2. The molecular weight excluding hydrogens is 458 g/mol. The highest BCUT2D eigenvalue weighted by Gasteiger charge is 2.31. The van der Waals surface area contributed by atoms with Gasteiger partial charge in [0.15, 0.2) is 0 Å². The van der Waals surface area contributed by atoms with Crippen LogP contribution >= 0.6 is 0 Å². The van der Waals surface area contributed by atoms with Crippen LogP contribution in [0.2, 0.25) is 0 Å². The van der Waals surface area contributed by atoms with E-state index < -0.39 is 85.6 Å². The van der Waals surface area contributed by atoms with Crippen LogP contribution < -0.4 is 27.4 Å². The summed E-state index contributed by atoms with van der Waals surface area (Å²) in [5, 5.41) is 33.8. The first-order valence-corrected chi connectivity index (χ1v) is 9.92. The summed E-state index contributed by atoms with van der Waals surface area (Å²) in [6.45, 7) is -0.757. The number of carbonyl (C=O) groups is 6. The van der Waals surface area contributed by atoms with Gasteiger partial charge in [0.2, 0.25) is 23.6 Å². The van der Waals surface area contributed by atoms with Gasteiger partial charge in [-0.1, -0.05) is 0 Å². The Morgan fingerprint density at radius 3 is 2.06 bits per heavy atom. The number of nitrogens with one attached hydrogen (secondary N) is 4. The lowest BCUT2D eigenvalue weighted by Crippen LogP contribution is -2.58. The number of hydrogen-bond donors (Lipinski definition) is 9. The third-order valence-corrected chi connectivity index (χ3v) is 4.45. The molecule has 0 aliphatic rings. The number of imidazole rings is 1. The van der Waals surface area contributed by atoms with Crippen LogP contribution in [0.4, 0.5) is 0 Å². The van der Waals surface area contributed by atoms with Crippen LogP contribution in [0.5, 0.6) is 0 Å². The fraction of sp³-hybridized carbons (Fsp3) is 0.500. The molecule has 0 aliphatic carbocycles. The summed E-state index contributed by atoms with van der Waals surface area (Å²) in [5.41, 5.74) is 10.8. The zero-order valence-corrected chi connectivity index (χ0v) is 17.9. The maximum atomic E-state index is 12.7. The van der Waals surface area contributed by atoms with Crippen LogP contribution in [-0.2, 0) is 35.2 Å². The van der Waals surface area contributed by atoms with Crippen LogP contribution in [-0.4, -0.2) is 91.6 Å². The number of nitrogens with zero attached hydrogens (tertiary/aromatic N) is 1. The summed E-state index contributed by atoms with van der Waals surface area (Å²) in [4.78, 5) is 77.6. The van der Waals surface area contributed by atoms with Crippen LogP contribution in [0.1, 0.15) is 25.0 Å². The van der Waals surface area contributed by atoms with Crippen molar-refractivity contribution in [3.05, 3.63) is 18.2 Å². The van der Waals surface area contributed by atoms with E-state index in [9.17, 15) is 33.9 Å². The number of aliphatic hydroxyl groups excluding tert-OH is 1. The SMILES string of the molecule is NC(=O)CC(NC(=O)C(N)CO)C(=O)NC(CCC(=O)O)C(=O)NC(Cc1cnc[nH]1)C(=O)O. The molecule has 1 aromatic heterocycles. The number of nitrogens with two attached hydrogens (primary N) is 2. The Hall–Kier alpha value is -4.05. The average molecular weight is 485 g/mol. The van der Waals surface area contributed by atoms with Gasteiger partial charge >= 0.3 is 11.9 Å². The van der Waals surface area contributed by atoms with Crippen molar-refractivity contribution in [2.45, 2.75) is 49.9 Å². The number of primary amides is 1. The van der Waals surface area contributed by atoms with Gasteiger partial charge in [-0.15, -0.1) is 0 Å². The van der Waals surface area contributed by atoms with Crippen molar-refractivity contribution in [1.82, 2.24) is 25.9 Å². The second-order valence-electron chi connectivity index (χ2n) is 7.19. The highest BCUT2D eigenvalue weighted by Crippen LogP contribution is 2.04. The van der Waals surface area contributed by atoms with Crippen molar-refractivity contribution in [1.29, 1.82) is 0 Å². The van der Waals surface area contributed by atoms with Gasteiger partial charge < -0.3 is 47.7 Å². The molecule has 0 saturated carbocycles. The zero-order valence-electron chi connectivity index (χ0n) is 17.9. The maximum absolute atomic E-state index is 12.7. The number of carbonyl (C=O) groups excluding carboxylic acids is 4. The third-order valence-electron chi connectivity index (χ3n) is 4.45. The van der Waals surface area contributed by atoms with Crippen molar-refractivity contribution in [3.8, 4) is 0 Å². The second kappa shape index (κ2) is 13.5. The molecule has 0 spiro atoms. The Balaban J connectivity index is 3.01. The molecule has 1 aromatic rings. The van der Waals surface area contributed by atoms with E-state index in [1.807, 2.05) is 0 Å². The standard InChI is InChI=1S/C18H27N7O9/c19-9(6-26)15(30)24-11(4-13(20)27)17(32)23-10(1-2-14(28)29)16(31)25-12(18(33)34)3-8-5-21-7-22-8/h5,7,9-12,26H,1-4,6,19H2,(H2,20,27)(H,21,22)(H,23,32)(H,24,30)(H,25,31)(H,28,29)(H,33,34). The predicted molar refractivity (Wildman–Crippen MR) is 111 cm³/mol. The molecule has 0 aliphatic heterocycles. The Bertz CT molecular complexity index is 890. The van der Waals surface area contributed by atoms with Crippen molar-refractivity contribution >= 4 is 35.6 Å².